The summed E-state index contributed by atoms with van der Waals surface area (Å²) in [5.74, 6) is -0.587. The average Bonchev–Trinajstić information content (AvgIpc) is 3.05. The molecule has 4 atom stereocenters. The van der Waals surface area contributed by atoms with Gasteiger partial charge in [-0.25, -0.2) is 9.69 Å². The second-order valence-electron chi connectivity index (χ2n) is 7.41. The first-order chi connectivity index (χ1) is 9.73. The van der Waals surface area contributed by atoms with Crippen LogP contribution in [0.25, 0.3) is 0 Å². The maximum Gasteiger partial charge on any atom is 0.417 e. The van der Waals surface area contributed by atoms with Crippen molar-refractivity contribution in [1.29, 1.82) is 0 Å². The van der Waals surface area contributed by atoms with Crippen molar-refractivity contribution in [2.45, 2.75) is 52.5 Å². The first-order valence-corrected chi connectivity index (χ1v) is 7.74. The molecule has 1 spiro atoms. The van der Waals surface area contributed by atoms with Crippen LogP contribution in [0.1, 0.15) is 47.0 Å². The Morgan fingerprint density at radius 1 is 1.29 bits per heavy atom. The molecule has 3 fully saturated rings. The molecule has 0 aromatic heterocycles. The molecule has 1 heterocycles. The van der Waals surface area contributed by atoms with Crippen molar-refractivity contribution in [1.82, 2.24) is 4.90 Å². The molecule has 5 heteroatoms. The number of ether oxygens (including phenoxy) is 1. The van der Waals surface area contributed by atoms with E-state index in [0.29, 0.717) is 11.8 Å². The molecule has 1 aliphatic heterocycles. The topological polar surface area (TPSA) is 63.7 Å². The highest BCUT2D eigenvalue weighted by Gasteiger charge is 2.71. The van der Waals surface area contributed by atoms with Gasteiger partial charge in [0, 0.05) is 0 Å². The molecule has 3 aliphatic rings. The summed E-state index contributed by atoms with van der Waals surface area (Å²) in [6.07, 6.45) is 2.65. The Hall–Kier alpha value is -1.39. The third-order valence-electron chi connectivity index (χ3n) is 6.44. The van der Waals surface area contributed by atoms with Gasteiger partial charge in [0.25, 0.3) is 0 Å². The van der Waals surface area contributed by atoms with Crippen LogP contribution in [-0.4, -0.2) is 34.8 Å². The Morgan fingerprint density at radius 3 is 2.43 bits per heavy atom. The van der Waals surface area contributed by atoms with Gasteiger partial charge in [-0.05, 0) is 50.4 Å². The summed E-state index contributed by atoms with van der Waals surface area (Å²) >= 11 is 0. The molecule has 2 saturated carbocycles. The van der Waals surface area contributed by atoms with Gasteiger partial charge in [-0.1, -0.05) is 13.8 Å². The number of nitrogens with zero attached hydrogens (tertiary/aromatic N) is 1. The molecule has 2 bridgehead atoms. The Kier molecular flexibility index (Phi) is 2.98. The van der Waals surface area contributed by atoms with Gasteiger partial charge in [0.1, 0.15) is 12.4 Å². The molecule has 21 heavy (non-hydrogen) atoms. The highest BCUT2D eigenvalue weighted by molar-refractivity contribution is 6.06. The van der Waals surface area contributed by atoms with Gasteiger partial charge in [0.15, 0.2) is 0 Å². The van der Waals surface area contributed by atoms with Crippen molar-refractivity contribution < 1.29 is 19.1 Å². The molecule has 5 nitrogen and oxygen atoms in total. The molecule has 1 saturated heterocycles. The van der Waals surface area contributed by atoms with E-state index in [1.54, 1.807) is 6.92 Å². The highest BCUT2D eigenvalue weighted by atomic mass is 16.6. The van der Waals surface area contributed by atoms with E-state index in [2.05, 4.69) is 13.8 Å². The van der Waals surface area contributed by atoms with Crippen molar-refractivity contribution in [2.24, 2.45) is 23.2 Å². The lowest BCUT2D eigenvalue weighted by Crippen LogP contribution is -2.63. The maximum atomic E-state index is 12.7. The van der Waals surface area contributed by atoms with Crippen molar-refractivity contribution in [3.63, 3.8) is 0 Å². The van der Waals surface area contributed by atoms with Crippen molar-refractivity contribution >= 4 is 17.8 Å². The number of carbonyl (C=O) groups excluding carboxylic acids is 3. The lowest BCUT2D eigenvalue weighted by Gasteiger charge is -2.49. The molecule has 0 aromatic rings. The molecule has 2 aliphatic carbocycles. The molecule has 2 amide bonds. The molecule has 4 unspecified atom stereocenters. The lowest BCUT2D eigenvalue weighted by molar-refractivity contribution is -0.145. The van der Waals surface area contributed by atoms with Gasteiger partial charge in [-0.15, -0.1) is 0 Å². The summed E-state index contributed by atoms with van der Waals surface area (Å²) in [4.78, 5) is 37.8. The molecule has 0 aromatic carbocycles. The fourth-order valence-corrected chi connectivity index (χ4v) is 4.84. The fraction of sp³-hybridized carbons (Fsp3) is 0.812. The van der Waals surface area contributed by atoms with Crippen LogP contribution in [0.5, 0.6) is 0 Å². The summed E-state index contributed by atoms with van der Waals surface area (Å²) in [7, 11) is 0. The number of rotatable bonds is 2. The minimum Gasteiger partial charge on any atom is -0.447 e. The maximum absolute atomic E-state index is 12.7. The second kappa shape index (κ2) is 4.31. The van der Waals surface area contributed by atoms with Crippen molar-refractivity contribution in [2.75, 3.05) is 6.61 Å². The Bertz CT molecular complexity index is 526. The third kappa shape index (κ3) is 1.60. The number of amides is 2. The van der Waals surface area contributed by atoms with Crippen molar-refractivity contribution in [3.05, 3.63) is 0 Å². The largest absolute Gasteiger partial charge is 0.447 e. The van der Waals surface area contributed by atoms with E-state index in [9.17, 15) is 14.4 Å². The minimum atomic E-state index is -0.789. The lowest BCUT2D eigenvalue weighted by atomic mass is 9.62. The SMILES string of the molecule is CC(=O)C(C)C(=O)N1C(=O)OCC12C1CCC(C1)C2(C)C. The van der Waals surface area contributed by atoms with Gasteiger partial charge < -0.3 is 4.74 Å². The quantitative estimate of drug-likeness (QED) is 0.733. The zero-order valence-electron chi connectivity index (χ0n) is 13.1. The van der Waals surface area contributed by atoms with Crippen LogP contribution in [0.4, 0.5) is 4.79 Å². The van der Waals surface area contributed by atoms with Crippen LogP contribution in [0.15, 0.2) is 0 Å². The molecule has 3 rings (SSSR count). The van der Waals surface area contributed by atoms with Gasteiger partial charge >= 0.3 is 6.09 Å². The van der Waals surface area contributed by atoms with E-state index in [0.717, 1.165) is 19.3 Å². The number of Topliss-reactive ketones (excluding diaryl/α,β-unsaturated/α-hetero) is 1. The van der Waals surface area contributed by atoms with Gasteiger partial charge in [-0.3, -0.25) is 9.59 Å². The van der Waals surface area contributed by atoms with Gasteiger partial charge in [-0.2, -0.15) is 0 Å². The van der Waals surface area contributed by atoms with E-state index in [1.807, 2.05) is 0 Å². The number of cyclic esters (lactones) is 1. The van der Waals surface area contributed by atoms with Gasteiger partial charge in [0.05, 0.1) is 11.5 Å². The highest BCUT2D eigenvalue weighted by Crippen LogP contribution is 2.65. The number of hydrogen-bond donors (Lipinski definition) is 0. The molecule has 0 N–H and O–H groups in total. The minimum absolute atomic E-state index is 0.158. The van der Waals surface area contributed by atoms with E-state index in [-0.39, 0.29) is 17.8 Å². The summed E-state index contributed by atoms with van der Waals surface area (Å²) in [6.45, 7) is 7.51. The van der Waals surface area contributed by atoms with Crippen LogP contribution in [0, 0.1) is 23.2 Å². The molecule has 116 valence electrons. The standard InChI is InChI=1S/C16H23NO4/c1-9(10(2)18)13(19)17-14(20)21-8-16(17)12-6-5-11(7-12)15(16,3)4/h9,11-12H,5-8H2,1-4H3. The molecule has 0 radical (unpaired) electrons. The first-order valence-electron chi connectivity index (χ1n) is 7.74. The summed E-state index contributed by atoms with van der Waals surface area (Å²) < 4.78 is 5.30. The Morgan fingerprint density at radius 2 is 1.90 bits per heavy atom. The predicted octanol–water partition coefficient (Wildman–Crippen LogP) is 2.39. The second-order valence-corrected chi connectivity index (χ2v) is 7.41. The number of carbonyl (C=O) groups is 3. The average molecular weight is 293 g/mol. The molecular weight excluding hydrogens is 270 g/mol. The third-order valence-corrected chi connectivity index (χ3v) is 6.44. The fourth-order valence-electron chi connectivity index (χ4n) is 4.84. The van der Waals surface area contributed by atoms with Crippen LogP contribution in [0.3, 0.4) is 0 Å². The Labute approximate surface area is 125 Å². The van der Waals surface area contributed by atoms with E-state index < -0.39 is 23.5 Å². The summed E-state index contributed by atoms with van der Waals surface area (Å²) in [5.41, 5.74) is -0.720. The van der Waals surface area contributed by atoms with Gasteiger partial charge in [0.2, 0.25) is 5.91 Å². The number of hydrogen-bond acceptors (Lipinski definition) is 4. The Balaban J connectivity index is 2.04. The van der Waals surface area contributed by atoms with Crippen LogP contribution >= 0.6 is 0 Å². The summed E-state index contributed by atoms with van der Waals surface area (Å²) in [5, 5.41) is 0. The van der Waals surface area contributed by atoms with E-state index in [4.69, 9.17) is 4.74 Å². The predicted molar refractivity (Wildman–Crippen MR) is 75.4 cm³/mol. The molecular formula is C16H23NO4. The zero-order valence-corrected chi connectivity index (χ0v) is 13.1. The normalized spacial score (nSPS) is 37.9. The van der Waals surface area contributed by atoms with Crippen LogP contribution in [-0.2, 0) is 14.3 Å². The number of fused-ring (bicyclic) bond motifs is 3. The smallest absolute Gasteiger partial charge is 0.417 e. The summed E-state index contributed by atoms with van der Waals surface area (Å²) in [6, 6.07) is 0. The zero-order chi connectivity index (χ0) is 15.6. The van der Waals surface area contributed by atoms with Crippen LogP contribution < -0.4 is 0 Å². The van der Waals surface area contributed by atoms with Crippen molar-refractivity contribution in [3.8, 4) is 0 Å². The van der Waals surface area contributed by atoms with E-state index in [1.165, 1.54) is 11.8 Å². The van der Waals surface area contributed by atoms with Crippen LogP contribution in [0.2, 0.25) is 0 Å². The van der Waals surface area contributed by atoms with E-state index >= 15 is 0 Å². The monoisotopic (exact) mass is 293 g/mol. The first kappa shape index (κ1) is 14.5. The number of imide groups is 1. The number of ketones is 1.